The van der Waals surface area contributed by atoms with Gasteiger partial charge in [-0.1, -0.05) is 44.2 Å². The van der Waals surface area contributed by atoms with Gasteiger partial charge in [-0.05, 0) is 12.5 Å². The first-order valence-corrected chi connectivity index (χ1v) is 6.66. The number of carbonyl (C=O) groups excluding carboxylic acids is 1. The van der Waals surface area contributed by atoms with Gasteiger partial charge in [-0.25, -0.2) is 4.79 Å². The minimum Gasteiger partial charge on any atom is -0.480 e. The van der Waals surface area contributed by atoms with Gasteiger partial charge in [0, 0.05) is 6.92 Å². The molecule has 2 unspecified atom stereocenters. The predicted molar refractivity (Wildman–Crippen MR) is 77.3 cm³/mol. The molecule has 1 amide bonds. The Morgan fingerprint density at radius 2 is 1.80 bits per heavy atom. The van der Waals surface area contributed by atoms with E-state index in [0.29, 0.717) is 6.61 Å². The summed E-state index contributed by atoms with van der Waals surface area (Å²) in [4.78, 5) is 21.9. The fourth-order valence-corrected chi connectivity index (χ4v) is 1.50. The standard InChI is InChI=1S/C13H17NO4.C2H6/c1-9(12(13(16)17)14-10(2)15)18-8-11-6-4-3-5-7-11;1-2/h3-7,9,12H,8H2,1-2H3,(H,14,15)(H,16,17);1-2H3. The average Bonchev–Trinajstić information content (AvgIpc) is 2.45. The number of carbonyl (C=O) groups is 2. The van der Waals surface area contributed by atoms with Crippen molar-refractivity contribution in [1.29, 1.82) is 0 Å². The quantitative estimate of drug-likeness (QED) is 0.838. The van der Waals surface area contributed by atoms with Crippen molar-refractivity contribution < 1.29 is 19.4 Å². The number of carboxylic acid groups (broad SMARTS) is 1. The molecule has 2 atom stereocenters. The van der Waals surface area contributed by atoms with Gasteiger partial charge >= 0.3 is 5.97 Å². The highest BCUT2D eigenvalue weighted by molar-refractivity contribution is 5.82. The lowest BCUT2D eigenvalue weighted by Crippen LogP contribution is -2.47. The highest BCUT2D eigenvalue weighted by Crippen LogP contribution is 2.06. The van der Waals surface area contributed by atoms with E-state index in [-0.39, 0.29) is 0 Å². The molecule has 0 heterocycles. The third kappa shape index (κ3) is 6.89. The van der Waals surface area contributed by atoms with E-state index < -0.39 is 24.0 Å². The maximum Gasteiger partial charge on any atom is 0.328 e. The molecule has 5 nitrogen and oxygen atoms in total. The van der Waals surface area contributed by atoms with Gasteiger partial charge in [0.15, 0.2) is 6.04 Å². The zero-order valence-electron chi connectivity index (χ0n) is 12.4. The maximum absolute atomic E-state index is 11.0. The van der Waals surface area contributed by atoms with Crippen molar-refractivity contribution in [3.05, 3.63) is 35.9 Å². The van der Waals surface area contributed by atoms with Crippen molar-refractivity contribution >= 4 is 11.9 Å². The molecule has 1 rings (SSSR count). The summed E-state index contributed by atoms with van der Waals surface area (Å²) >= 11 is 0. The summed E-state index contributed by atoms with van der Waals surface area (Å²) in [6.45, 7) is 7.21. The Hall–Kier alpha value is -1.88. The Bertz CT molecular complexity index is 406. The van der Waals surface area contributed by atoms with E-state index in [1.54, 1.807) is 6.92 Å². The first kappa shape index (κ1) is 18.1. The van der Waals surface area contributed by atoms with Crippen LogP contribution >= 0.6 is 0 Å². The Morgan fingerprint density at radius 1 is 1.25 bits per heavy atom. The predicted octanol–water partition coefficient (Wildman–Crippen LogP) is 2.21. The maximum atomic E-state index is 11.0. The lowest BCUT2D eigenvalue weighted by atomic mass is 10.1. The number of ether oxygens (including phenoxy) is 1. The summed E-state index contributed by atoms with van der Waals surface area (Å²) in [6, 6.07) is 8.40. The summed E-state index contributed by atoms with van der Waals surface area (Å²) in [5.41, 5.74) is 0.955. The Kier molecular flexibility index (Phi) is 9.04. The SMILES string of the molecule is CC.CC(=O)NC(C(=O)O)C(C)OCc1ccccc1. The smallest absolute Gasteiger partial charge is 0.328 e. The normalized spacial score (nSPS) is 12.6. The van der Waals surface area contributed by atoms with E-state index in [0.717, 1.165) is 5.56 Å². The molecule has 0 aliphatic rings. The summed E-state index contributed by atoms with van der Waals surface area (Å²) in [7, 11) is 0. The number of hydrogen-bond acceptors (Lipinski definition) is 3. The van der Waals surface area contributed by atoms with Gasteiger partial charge in [-0.15, -0.1) is 0 Å². The van der Waals surface area contributed by atoms with Crippen molar-refractivity contribution in [3.63, 3.8) is 0 Å². The molecule has 0 spiro atoms. The van der Waals surface area contributed by atoms with Crippen LogP contribution in [-0.4, -0.2) is 29.1 Å². The molecule has 1 aromatic carbocycles. The van der Waals surface area contributed by atoms with Crippen LogP contribution in [0.15, 0.2) is 30.3 Å². The number of hydrogen-bond donors (Lipinski definition) is 2. The molecule has 0 aromatic heterocycles. The first-order valence-electron chi connectivity index (χ1n) is 6.66. The van der Waals surface area contributed by atoms with Gasteiger partial charge < -0.3 is 15.2 Å². The summed E-state index contributed by atoms with van der Waals surface area (Å²) in [6.07, 6.45) is -0.605. The molecular formula is C15H23NO4. The monoisotopic (exact) mass is 281 g/mol. The van der Waals surface area contributed by atoms with E-state index in [1.807, 2.05) is 44.2 Å². The van der Waals surface area contributed by atoms with Crippen molar-refractivity contribution in [2.45, 2.75) is 46.4 Å². The third-order valence-electron chi connectivity index (χ3n) is 2.45. The fraction of sp³-hybridized carbons (Fsp3) is 0.467. The molecule has 1 aromatic rings. The first-order chi connectivity index (χ1) is 9.50. The lowest BCUT2D eigenvalue weighted by Gasteiger charge is -2.21. The molecule has 20 heavy (non-hydrogen) atoms. The number of rotatable bonds is 6. The number of carboxylic acids is 1. The third-order valence-corrected chi connectivity index (χ3v) is 2.45. The van der Waals surface area contributed by atoms with Gasteiger partial charge in [-0.2, -0.15) is 0 Å². The second-order valence-electron chi connectivity index (χ2n) is 4.02. The molecule has 0 saturated carbocycles. The summed E-state index contributed by atoms with van der Waals surface area (Å²) < 4.78 is 5.46. The van der Waals surface area contributed by atoms with Crippen LogP contribution in [0.25, 0.3) is 0 Å². The van der Waals surface area contributed by atoms with Gasteiger partial charge in [0.05, 0.1) is 12.7 Å². The largest absolute Gasteiger partial charge is 0.480 e. The van der Waals surface area contributed by atoms with Gasteiger partial charge in [0.2, 0.25) is 5.91 Å². The number of amides is 1. The van der Waals surface area contributed by atoms with Crippen LogP contribution in [0, 0.1) is 0 Å². The highest BCUT2D eigenvalue weighted by atomic mass is 16.5. The molecule has 0 saturated heterocycles. The molecule has 0 radical (unpaired) electrons. The number of nitrogens with one attached hydrogen (secondary N) is 1. The van der Waals surface area contributed by atoms with Crippen molar-refractivity contribution in [2.75, 3.05) is 0 Å². The van der Waals surface area contributed by atoms with Gasteiger partial charge in [0.25, 0.3) is 0 Å². The zero-order valence-corrected chi connectivity index (χ0v) is 12.4. The molecule has 0 bridgehead atoms. The van der Waals surface area contributed by atoms with Crippen LogP contribution in [0.3, 0.4) is 0 Å². The summed E-state index contributed by atoms with van der Waals surface area (Å²) in [5, 5.41) is 11.3. The highest BCUT2D eigenvalue weighted by Gasteiger charge is 2.26. The Balaban J connectivity index is 0.00000172. The van der Waals surface area contributed by atoms with Crippen molar-refractivity contribution in [1.82, 2.24) is 5.32 Å². The second-order valence-corrected chi connectivity index (χ2v) is 4.02. The van der Waals surface area contributed by atoms with E-state index in [2.05, 4.69) is 5.32 Å². The molecule has 2 N–H and O–H groups in total. The van der Waals surface area contributed by atoms with Crippen LogP contribution in [0.1, 0.15) is 33.3 Å². The zero-order chi connectivity index (χ0) is 15.5. The van der Waals surface area contributed by atoms with Crippen LogP contribution in [0.5, 0.6) is 0 Å². The molecule has 5 heteroatoms. The second kappa shape index (κ2) is 9.97. The molecule has 0 aliphatic carbocycles. The lowest BCUT2D eigenvalue weighted by molar-refractivity contribution is -0.146. The van der Waals surface area contributed by atoms with Crippen LogP contribution in [-0.2, 0) is 20.9 Å². The van der Waals surface area contributed by atoms with Gasteiger partial charge in [-0.3, -0.25) is 4.79 Å². The Morgan fingerprint density at radius 3 is 2.25 bits per heavy atom. The van der Waals surface area contributed by atoms with E-state index in [9.17, 15) is 9.59 Å². The Labute approximate surface area is 120 Å². The van der Waals surface area contributed by atoms with Crippen LogP contribution < -0.4 is 5.32 Å². The topological polar surface area (TPSA) is 75.6 Å². The molecule has 0 fully saturated rings. The molecule has 112 valence electrons. The van der Waals surface area contributed by atoms with Crippen LogP contribution in [0.2, 0.25) is 0 Å². The van der Waals surface area contributed by atoms with E-state index in [1.165, 1.54) is 6.92 Å². The van der Waals surface area contributed by atoms with Crippen molar-refractivity contribution in [2.24, 2.45) is 0 Å². The van der Waals surface area contributed by atoms with Crippen molar-refractivity contribution in [3.8, 4) is 0 Å². The van der Waals surface area contributed by atoms with E-state index >= 15 is 0 Å². The summed E-state index contributed by atoms with van der Waals surface area (Å²) in [5.74, 6) is -1.50. The molecular weight excluding hydrogens is 258 g/mol. The number of aliphatic carboxylic acids is 1. The molecule has 0 aliphatic heterocycles. The average molecular weight is 281 g/mol. The minimum absolute atomic E-state index is 0.311. The fourth-order valence-electron chi connectivity index (χ4n) is 1.50. The van der Waals surface area contributed by atoms with Gasteiger partial charge in [0.1, 0.15) is 0 Å². The van der Waals surface area contributed by atoms with E-state index in [4.69, 9.17) is 9.84 Å². The van der Waals surface area contributed by atoms with Crippen LogP contribution in [0.4, 0.5) is 0 Å². The number of benzene rings is 1. The minimum atomic E-state index is -1.11.